The van der Waals surface area contributed by atoms with Gasteiger partial charge in [0.1, 0.15) is 54.4 Å². The fraction of sp³-hybridized carbons (Fsp3) is 0.883. The van der Waals surface area contributed by atoms with Crippen molar-refractivity contribution in [3.63, 3.8) is 0 Å². The quantitative estimate of drug-likeness (QED) is 0.0652. The van der Waals surface area contributed by atoms with Crippen molar-refractivity contribution in [3.05, 3.63) is 0 Å². The van der Waals surface area contributed by atoms with E-state index >= 15 is 0 Å². The van der Waals surface area contributed by atoms with Crippen LogP contribution in [0.2, 0.25) is 0 Å². The molecule has 5 aliphatic heterocycles. The summed E-state index contributed by atoms with van der Waals surface area (Å²) >= 11 is 0. The number of nitrogens with one attached hydrogen (secondary N) is 3. The monoisotopic (exact) mass is 1990 g/mol. The molecule has 0 aromatic heterocycles. The highest BCUT2D eigenvalue weighted by Crippen LogP contribution is 2.55. The molecule has 5 saturated heterocycles. The average molecular weight is 1990 g/mol. The van der Waals surface area contributed by atoms with Crippen LogP contribution in [-0.2, 0) is 61.8 Å². The summed E-state index contributed by atoms with van der Waals surface area (Å²) < 4.78 is 51.1. The second-order valence-corrected chi connectivity index (χ2v) is 40.2. The third-order valence-electron chi connectivity index (χ3n) is 32.5. The maximum Gasteiger partial charge on any atom is 0.410 e. The molecule has 33 nitrogen and oxygen atoms in total. The number of likely N-dealkylation sites (tertiary alicyclic amines) is 3. The average Bonchev–Trinajstić information content (AvgIpc) is 1.61. The number of halogens is 2. The van der Waals surface area contributed by atoms with Crippen LogP contribution in [0.4, 0.5) is 24.0 Å². The molecule has 17 rings (SSSR count). The minimum atomic E-state index is -0.302. The minimum absolute atomic E-state index is 0. The number of nitrogens with zero attached hydrogens (tertiary/aromatic N) is 11. The van der Waals surface area contributed by atoms with Crippen molar-refractivity contribution in [2.75, 3.05) is 131 Å². The number of rotatable bonds is 24. The van der Waals surface area contributed by atoms with Crippen LogP contribution in [0.15, 0.2) is 0 Å². The van der Waals surface area contributed by atoms with Gasteiger partial charge in [-0.2, -0.15) is 15.8 Å². The molecule has 9 unspecified atom stereocenters. The number of carbonyl (C=O) groups excluding carboxylic acids is 9. The molecule has 8 amide bonds. The van der Waals surface area contributed by atoms with Crippen molar-refractivity contribution in [2.24, 2.45) is 71.0 Å². The Hall–Kier alpha value is -6.84. The Labute approximate surface area is 839 Å². The van der Waals surface area contributed by atoms with E-state index < -0.39 is 0 Å². The molecule has 4 N–H and O–H groups in total. The fourth-order valence-electron chi connectivity index (χ4n) is 25.6. The predicted molar refractivity (Wildman–Crippen MR) is 533 cm³/mol. The third-order valence-corrected chi connectivity index (χ3v) is 32.5. The molecule has 5 heterocycles. The highest BCUT2D eigenvalue weighted by Gasteiger charge is 2.56. The second kappa shape index (κ2) is 58.2. The molecule has 2 spiro atoms. The highest BCUT2D eigenvalue weighted by atomic mass is 35.5. The summed E-state index contributed by atoms with van der Waals surface area (Å²) in [7, 11) is 0. The smallest absolute Gasteiger partial charge is 0.410 e. The number of amides is 8. The first-order valence-electron chi connectivity index (χ1n) is 51.0. The van der Waals surface area contributed by atoms with Crippen LogP contribution in [0, 0.1) is 105 Å². The lowest BCUT2D eigenvalue weighted by molar-refractivity contribution is -0.156. The predicted octanol–water partition coefficient (Wildman–Crippen LogP) is 15.9. The van der Waals surface area contributed by atoms with Gasteiger partial charge in [0, 0.05) is 142 Å². The van der Waals surface area contributed by atoms with Gasteiger partial charge < -0.3 is 103 Å². The van der Waals surface area contributed by atoms with Crippen LogP contribution in [0.5, 0.6) is 0 Å². The number of ether oxygens (including phenoxy) is 9. The van der Waals surface area contributed by atoms with Gasteiger partial charge in [-0.1, -0.05) is 37.1 Å². The van der Waals surface area contributed by atoms with Gasteiger partial charge in [0.15, 0.2) is 11.6 Å². The summed E-state index contributed by atoms with van der Waals surface area (Å²) in [5, 5.41) is 47.1. The molecule has 790 valence electrons. The van der Waals surface area contributed by atoms with Crippen molar-refractivity contribution in [1.29, 1.82) is 15.8 Å². The largest absolute Gasteiger partial charge is 0.446 e. The standard InChI is InChI=1S/3C20H32N4O3.C15H25NO4.C13H21NO3.C10H16O3.5CH4.2ClH/c3*1-3-23(4-2)20(26)27-18-10-14-8-16(9-15(14)11-18)22-13-19(25)24-7-5-6-17(24)12-21;1-3-16(4-2)14(17)20-13-7-11-9-15(10-12(11)8-13)18-5-6-19-15;1-3-14(4-2)13(16)17-12-7-9-5-11(15)6-10(9)8-12;11-9-3-7-5-10(6-8(7)4-9)12-1-2-13-10;;;;;;;/h3*14-18,22H,3-11,13H2,1-2H3;11-13H,3-10H2,1-2H3;9-10,12H,3-8H2,1-2H3;7-9,11H,1-6H2;5*1H4;2*1H/t3*14-,15+,16?,17-,18?;11-,12+,13?;9-,10+,12?;7-,8+,9?;;;;;;;/m000........../s1. The molecule has 35 heteroatoms. The lowest BCUT2D eigenvalue weighted by Gasteiger charge is -2.25. The number of ketones is 1. The molecule has 0 aromatic rings. The summed E-state index contributed by atoms with van der Waals surface area (Å²) in [4.78, 5) is 122. The number of fused-ring (bicyclic) bond motifs is 6. The number of Topliss-reactive ketones (excluding diaryl/α,β-unsaturated/α-hetero) is 1. The van der Waals surface area contributed by atoms with Gasteiger partial charge in [0.25, 0.3) is 0 Å². The first-order valence-corrected chi connectivity index (χ1v) is 51.0. The van der Waals surface area contributed by atoms with Gasteiger partial charge in [0.2, 0.25) is 17.7 Å². The van der Waals surface area contributed by atoms with E-state index in [2.05, 4.69) is 34.2 Å². The maximum atomic E-state index is 12.4. The van der Waals surface area contributed by atoms with Crippen molar-refractivity contribution >= 4 is 78.8 Å². The van der Waals surface area contributed by atoms with E-state index in [1.165, 1.54) is 0 Å². The fourth-order valence-corrected chi connectivity index (χ4v) is 25.6. The summed E-state index contributed by atoms with van der Waals surface area (Å²) in [6.07, 6.45) is 27.2. The molecule has 0 radical (unpaired) electrons. The zero-order chi connectivity index (χ0) is 93.6. The number of nitriles is 3. The molecule has 12 aliphatic carbocycles. The number of aliphatic hydroxyl groups is 1. The highest BCUT2D eigenvalue weighted by molar-refractivity contribution is 5.86. The lowest BCUT2D eigenvalue weighted by atomic mass is 10.0. The van der Waals surface area contributed by atoms with Gasteiger partial charge in [-0.25, -0.2) is 24.0 Å². The van der Waals surface area contributed by atoms with Gasteiger partial charge in [-0.05, 0) is 294 Å². The zero-order valence-electron chi connectivity index (χ0n) is 81.2. The van der Waals surface area contributed by atoms with Gasteiger partial charge >= 0.3 is 30.5 Å². The van der Waals surface area contributed by atoms with Crippen LogP contribution in [0.1, 0.15) is 299 Å². The summed E-state index contributed by atoms with van der Waals surface area (Å²) in [6, 6.07) is 6.99. The topological polar surface area (TPSA) is 390 Å². The SMILES string of the molecule is C.C.C.C.C.CCN(CC)C(=O)OC1C[C@@H]2CC3(C[C@@H]2C1)OCCO3.CCN(CC)C(=O)OC1C[C@H]2CC(=O)C[C@H]2C1.CCN(CC)C(=O)OC1C[C@H]2CC(NCC(=O)N3CCC[C@H]3C#N)C[C@H]2C1.CCN(CC)C(=O)OC1C[C@H]2CC(NCC(=O)N3CCC[C@H]3C#N)C[C@H]2C1.CCN(CC)C(=O)OC1C[C@H]2CC(NCC(=O)N3CCC[C@H]3C#N)C[C@H]2C1.Cl.Cl.OC1C[C@@H]2CC3(C[C@@H]2C1)OCCO3. The Bertz CT molecular complexity index is 3560. The molecule has 12 saturated carbocycles. The number of hydrogen-bond donors (Lipinski definition) is 4. The van der Waals surface area contributed by atoms with Crippen LogP contribution < -0.4 is 16.0 Å². The van der Waals surface area contributed by atoms with Crippen LogP contribution in [-0.4, -0.2) is 314 Å². The van der Waals surface area contributed by atoms with E-state index in [0.29, 0.717) is 212 Å². The number of aliphatic hydroxyl groups excluding tert-OH is 1. The molecule has 17 fully saturated rings. The minimum Gasteiger partial charge on any atom is -0.446 e. The van der Waals surface area contributed by atoms with Gasteiger partial charge in [0.05, 0.1) is 70.4 Å². The first-order chi connectivity index (χ1) is 63.2. The summed E-state index contributed by atoms with van der Waals surface area (Å²) in [5.41, 5.74) is 0. The summed E-state index contributed by atoms with van der Waals surface area (Å²) in [5.74, 6) is 6.82. The Balaban J connectivity index is 0.000000293. The van der Waals surface area contributed by atoms with E-state index in [1.54, 1.807) is 39.2 Å². The van der Waals surface area contributed by atoms with E-state index in [1.807, 2.05) is 69.2 Å². The van der Waals surface area contributed by atoms with Crippen LogP contribution in [0.25, 0.3) is 0 Å². The third kappa shape index (κ3) is 31.8. The molecule has 0 aromatic carbocycles. The normalized spacial score (nSPS) is 32.2. The summed E-state index contributed by atoms with van der Waals surface area (Å²) in [6.45, 7) is 32.5. The Morgan fingerprint density at radius 2 is 0.543 bits per heavy atom. The Morgan fingerprint density at radius 1 is 0.341 bits per heavy atom. The van der Waals surface area contributed by atoms with Crippen molar-refractivity contribution < 1.29 is 90.9 Å². The van der Waals surface area contributed by atoms with Crippen molar-refractivity contribution in [2.45, 2.75) is 383 Å². The second-order valence-electron chi connectivity index (χ2n) is 40.2. The number of hydrogen-bond acceptors (Lipinski definition) is 25. The van der Waals surface area contributed by atoms with E-state index in [0.717, 1.165) is 206 Å². The Kier molecular flexibility index (Phi) is 51.3. The molecule has 0 bridgehead atoms. The molecular formula is C103H180Cl2N14O19. The van der Waals surface area contributed by atoms with Crippen molar-refractivity contribution in [1.82, 2.24) is 55.1 Å². The zero-order valence-corrected chi connectivity index (χ0v) is 82.9. The lowest BCUT2D eigenvalue weighted by Crippen LogP contribution is -2.43. The van der Waals surface area contributed by atoms with E-state index in [9.17, 15) is 48.3 Å². The molecule has 17 aliphatic rings. The van der Waals surface area contributed by atoms with Gasteiger partial charge in [-0.15, -0.1) is 24.8 Å². The van der Waals surface area contributed by atoms with Gasteiger partial charge in [-0.3, -0.25) is 19.2 Å². The van der Waals surface area contributed by atoms with E-state index in [4.69, 9.17) is 58.4 Å². The van der Waals surface area contributed by atoms with Crippen LogP contribution in [0.3, 0.4) is 0 Å². The molecular weight excluding hydrogens is 1810 g/mol. The van der Waals surface area contributed by atoms with Crippen LogP contribution >= 0.6 is 24.8 Å². The van der Waals surface area contributed by atoms with E-state index in [-0.39, 0.29) is 176 Å². The Morgan fingerprint density at radius 3 is 0.754 bits per heavy atom. The maximum absolute atomic E-state index is 12.4. The van der Waals surface area contributed by atoms with Crippen molar-refractivity contribution in [3.8, 4) is 18.2 Å². The first kappa shape index (κ1) is 122. The number of carbonyl (C=O) groups is 9. The molecule has 138 heavy (non-hydrogen) atoms. The molecule has 24 atom stereocenters.